The van der Waals surface area contributed by atoms with E-state index in [4.69, 9.17) is 9.47 Å². The minimum Gasteiger partial charge on any atom is -0.465 e. The van der Waals surface area contributed by atoms with Crippen LogP contribution in [0.4, 0.5) is 18.2 Å². The second-order valence-electron chi connectivity index (χ2n) is 7.60. The summed E-state index contributed by atoms with van der Waals surface area (Å²) in [5, 5.41) is 3.68. The first kappa shape index (κ1) is 25.5. The van der Waals surface area contributed by atoms with Crippen LogP contribution in [0.1, 0.15) is 38.1 Å². The smallest absolute Gasteiger partial charge is 0.441 e. The Labute approximate surface area is 198 Å². The van der Waals surface area contributed by atoms with Gasteiger partial charge >= 0.3 is 23.8 Å². The molecule has 1 aromatic heterocycles. The minimum atomic E-state index is -5.33. The van der Waals surface area contributed by atoms with Gasteiger partial charge in [0.25, 0.3) is 5.91 Å². The molecule has 1 unspecified atom stereocenters. The maximum absolute atomic E-state index is 14.6. The number of carbonyl (C=O) groups excluding carboxylic acids is 3. The summed E-state index contributed by atoms with van der Waals surface area (Å²) >= 11 is 0.898. The normalized spacial score (nSPS) is 15.6. The van der Waals surface area contributed by atoms with Crippen molar-refractivity contribution in [3.8, 4) is 0 Å². The fourth-order valence-corrected chi connectivity index (χ4v) is 4.94. The summed E-state index contributed by atoms with van der Waals surface area (Å²) in [5.74, 6) is -3.76. The molecule has 0 spiro atoms. The zero-order valence-corrected chi connectivity index (χ0v) is 19.6. The molecule has 2 aromatic rings. The van der Waals surface area contributed by atoms with Crippen LogP contribution in [0.2, 0.25) is 0 Å². The van der Waals surface area contributed by atoms with E-state index >= 15 is 0 Å². The Balaban J connectivity index is 2.15. The van der Waals surface area contributed by atoms with E-state index in [1.54, 1.807) is 11.4 Å². The Morgan fingerprint density at radius 1 is 1.18 bits per heavy atom. The van der Waals surface area contributed by atoms with Gasteiger partial charge < -0.3 is 25.0 Å². The molecule has 0 saturated heterocycles. The van der Waals surface area contributed by atoms with Gasteiger partial charge in [0.15, 0.2) is 0 Å². The second-order valence-corrected chi connectivity index (χ2v) is 8.71. The molecule has 1 aliphatic rings. The maximum Gasteiger partial charge on any atom is 0.441 e. The molecule has 0 radical (unpaired) electrons. The van der Waals surface area contributed by atoms with Crippen LogP contribution in [0.15, 0.2) is 30.3 Å². The number of alkyl halides is 3. The van der Waals surface area contributed by atoms with Crippen LogP contribution in [-0.4, -0.2) is 61.9 Å². The number of nitrogens with one attached hydrogen (secondary N) is 2. The lowest BCUT2D eigenvalue weighted by atomic mass is 10.0. The fraction of sp³-hybridized carbons (Fsp3) is 0.409. The van der Waals surface area contributed by atoms with Crippen LogP contribution < -0.4 is 10.6 Å². The van der Waals surface area contributed by atoms with Crippen LogP contribution in [-0.2, 0) is 27.2 Å². The van der Waals surface area contributed by atoms with E-state index in [9.17, 15) is 27.6 Å². The lowest BCUT2D eigenvalue weighted by molar-refractivity contribution is -0.204. The van der Waals surface area contributed by atoms with Crippen LogP contribution >= 0.6 is 11.3 Å². The van der Waals surface area contributed by atoms with Gasteiger partial charge in [0.2, 0.25) is 0 Å². The van der Waals surface area contributed by atoms with Gasteiger partial charge in [0.1, 0.15) is 5.00 Å². The molecule has 3 rings (SSSR count). The first-order chi connectivity index (χ1) is 16.0. The van der Waals surface area contributed by atoms with E-state index in [1.807, 2.05) is 11.9 Å². The summed E-state index contributed by atoms with van der Waals surface area (Å²) in [5.41, 5.74) is -3.30. The highest BCUT2D eigenvalue weighted by Gasteiger charge is 2.64. The predicted octanol–water partition coefficient (Wildman–Crippen LogP) is 3.19. The largest absolute Gasteiger partial charge is 0.465 e. The van der Waals surface area contributed by atoms with Crippen molar-refractivity contribution in [2.75, 3.05) is 32.6 Å². The topological polar surface area (TPSA) is 97.0 Å². The number of anilines is 1. The minimum absolute atomic E-state index is 0.0949. The van der Waals surface area contributed by atoms with Crippen LogP contribution in [0.25, 0.3) is 0 Å². The molecule has 0 fully saturated rings. The summed E-state index contributed by atoms with van der Waals surface area (Å²) in [6.45, 7) is 1.97. The number of esters is 2. The molecule has 0 bridgehead atoms. The summed E-state index contributed by atoms with van der Waals surface area (Å²) in [6, 6.07) is 7.15. The number of hydrogen-bond acceptors (Lipinski definition) is 8. The third-order valence-electron chi connectivity index (χ3n) is 5.28. The van der Waals surface area contributed by atoms with Gasteiger partial charge in [-0.15, -0.1) is 11.3 Å². The molecule has 0 saturated carbocycles. The van der Waals surface area contributed by atoms with Crippen LogP contribution in [0, 0.1) is 0 Å². The number of carbonyl (C=O) groups is 3. The summed E-state index contributed by atoms with van der Waals surface area (Å²) in [4.78, 5) is 40.7. The van der Waals surface area contributed by atoms with E-state index in [0.717, 1.165) is 18.4 Å². The van der Waals surface area contributed by atoms with Gasteiger partial charge in [-0.3, -0.25) is 4.79 Å². The summed E-state index contributed by atoms with van der Waals surface area (Å²) < 4.78 is 53.3. The van der Waals surface area contributed by atoms with Gasteiger partial charge in [-0.25, -0.2) is 9.59 Å². The van der Waals surface area contributed by atoms with Gasteiger partial charge in [0.05, 0.1) is 19.3 Å². The van der Waals surface area contributed by atoms with Crippen molar-refractivity contribution in [1.82, 2.24) is 10.2 Å². The second kappa shape index (κ2) is 10.0. The third kappa shape index (κ3) is 4.87. The third-order valence-corrected chi connectivity index (χ3v) is 6.41. The molecule has 2 N–H and O–H groups in total. The van der Waals surface area contributed by atoms with Crippen molar-refractivity contribution >= 4 is 34.2 Å². The zero-order chi connectivity index (χ0) is 25.1. The van der Waals surface area contributed by atoms with E-state index in [2.05, 4.69) is 5.32 Å². The van der Waals surface area contributed by atoms with E-state index in [-0.39, 0.29) is 22.7 Å². The van der Waals surface area contributed by atoms with E-state index in [1.165, 1.54) is 31.2 Å². The summed E-state index contributed by atoms with van der Waals surface area (Å²) in [7, 11) is 2.96. The molecule has 184 valence electrons. The Morgan fingerprint density at radius 2 is 1.85 bits per heavy atom. The maximum atomic E-state index is 14.6. The van der Waals surface area contributed by atoms with Gasteiger partial charge in [-0.05, 0) is 38.1 Å². The highest BCUT2D eigenvalue weighted by molar-refractivity contribution is 7.16. The Kier molecular flexibility index (Phi) is 7.51. The van der Waals surface area contributed by atoms with Crippen molar-refractivity contribution in [1.29, 1.82) is 0 Å². The van der Waals surface area contributed by atoms with Crippen molar-refractivity contribution < 1.29 is 37.0 Å². The predicted molar refractivity (Wildman–Crippen MR) is 119 cm³/mol. The molecular weight excluding hydrogens is 475 g/mol. The van der Waals surface area contributed by atoms with Gasteiger partial charge in [-0.1, -0.05) is 18.2 Å². The quantitative estimate of drug-likeness (QED) is 0.446. The number of ether oxygens (including phenoxy) is 2. The van der Waals surface area contributed by atoms with Crippen molar-refractivity contribution in [3.63, 3.8) is 0 Å². The lowest BCUT2D eigenvalue weighted by Gasteiger charge is -2.35. The number of nitrogens with zero attached hydrogens (tertiary/aromatic N) is 1. The molecule has 34 heavy (non-hydrogen) atoms. The molecule has 1 aliphatic heterocycles. The Morgan fingerprint density at radius 3 is 2.44 bits per heavy atom. The van der Waals surface area contributed by atoms with Crippen LogP contribution in [0.3, 0.4) is 0 Å². The van der Waals surface area contributed by atoms with Crippen LogP contribution in [0.5, 0.6) is 0 Å². The molecular formula is C22H24F3N3O5S. The number of likely N-dealkylation sites (N-methyl/N-ethyl adjacent to an activating group) is 1. The highest BCUT2D eigenvalue weighted by atomic mass is 32.1. The number of thiophene rings is 1. The molecule has 0 aliphatic carbocycles. The fourth-order valence-electron chi connectivity index (χ4n) is 3.57. The highest BCUT2D eigenvalue weighted by Crippen LogP contribution is 2.41. The SMILES string of the molecule is CCOC(=O)C(NC(=O)c1ccccc1)(Nc1sc2c(c1C(=O)OC)CCN(C)C2)C(F)(F)F. The first-order valence-electron chi connectivity index (χ1n) is 10.3. The molecule has 8 nitrogen and oxygen atoms in total. The standard InChI is InChI=1S/C22H24F3N3O5S/c1-4-33-20(31)21(22(23,24)25,26-17(29)13-8-6-5-7-9-13)27-18-16(19(30)32-3)14-10-11-28(2)12-15(14)34-18/h5-9,27H,4,10-12H2,1-3H3,(H,26,29). The Hall–Kier alpha value is -3.12. The number of amides is 1. The number of fused-ring (bicyclic) bond motifs is 1. The lowest BCUT2D eigenvalue weighted by Crippen LogP contribution is -2.69. The number of halogens is 3. The molecule has 2 heterocycles. The number of hydrogen-bond donors (Lipinski definition) is 2. The first-order valence-corrected chi connectivity index (χ1v) is 11.2. The molecule has 1 aromatic carbocycles. The summed E-state index contributed by atoms with van der Waals surface area (Å²) in [6.07, 6.45) is -4.93. The van der Waals surface area contributed by atoms with E-state index < -0.39 is 29.7 Å². The van der Waals surface area contributed by atoms with Gasteiger partial charge in [-0.2, -0.15) is 13.2 Å². The molecule has 1 atom stereocenters. The van der Waals surface area contributed by atoms with Crippen molar-refractivity contribution in [2.45, 2.75) is 31.7 Å². The molecule has 12 heteroatoms. The number of rotatable bonds is 7. The molecule has 1 amide bonds. The van der Waals surface area contributed by atoms with Gasteiger partial charge in [0, 0.05) is 23.5 Å². The average molecular weight is 500 g/mol. The monoisotopic (exact) mass is 499 g/mol. The van der Waals surface area contributed by atoms with Crippen molar-refractivity contribution in [2.24, 2.45) is 0 Å². The number of benzene rings is 1. The van der Waals surface area contributed by atoms with Crippen molar-refractivity contribution in [3.05, 3.63) is 51.9 Å². The number of methoxy groups -OCH3 is 1. The average Bonchev–Trinajstić information content (AvgIpc) is 3.14. The van der Waals surface area contributed by atoms with E-state index in [0.29, 0.717) is 30.0 Å². The Bertz CT molecular complexity index is 1070. The zero-order valence-electron chi connectivity index (χ0n) is 18.7.